The molecule has 2 radical (unpaired) electrons. The van der Waals surface area contributed by atoms with Crippen molar-refractivity contribution in [1.82, 2.24) is 0 Å². The topological polar surface area (TPSA) is 0 Å². The van der Waals surface area contributed by atoms with Crippen LogP contribution in [0, 0.1) is 11.6 Å². The summed E-state index contributed by atoms with van der Waals surface area (Å²) in [5.74, 6) is -1.73. The van der Waals surface area contributed by atoms with E-state index >= 15 is 0 Å². The highest BCUT2D eigenvalue weighted by Gasteiger charge is 2.05. The third-order valence-electron chi connectivity index (χ3n) is 1.31. The molecule has 0 heterocycles. The van der Waals surface area contributed by atoms with Crippen molar-refractivity contribution in [2.45, 2.75) is 6.32 Å². The van der Waals surface area contributed by atoms with Crippen LogP contribution in [0.3, 0.4) is 0 Å². The predicted molar refractivity (Wildman–Crippen MR) is 43.5 cm³/mol. The number of halogens is 3. The zero-order valence-corrected chi connectivity index (χ0v) is 7.16. The van der Waals surface area contributed by atoms with E-state index in [4.69, 9.17) is 7.85 Å². The van der Waals surface area contributed by atoms with Gasteiger partial charge in [-0.25, -0.2) is 8.78 Å². The van der Waals surface area contributed by atoms with Crippen LogP contribution in [-0.4, -0.2) is 7.85 Å². The molecular formula is C7H4BBrF2. The first kappa shape index (κ1) is 8.72. The normalized spacial score (nSPS) is 10.1. The third-order valence-corrected chi connectivity index (χ3v) is 2.05. The summed E-state index contributed by atoms with van der Waals surface area (Å²) < 4.78 is 25.4. The maximum Gasteiger partial charge on any atom is 0.159 e. The van der Waals surface area contributed by atoms with Gasteiger partial charge in [0, 0.05) is 4.47 Å². The predicted octanol–water partition coefficient (Wildman–Crippen LogP) is 2.40. The van der Waals surface area contributed by atoms with Gasteiger partial charge in [0.15, 0.2) is 11.6 Å². The summed E-state index contributed by atoms with van der Waals surface area (Å²) in [4.78, 5) is 0. The Kier molecular flexibility index (Phi) is 2.65. The maximum absolute atomic E-state index is 12.5. The largest absolute Gasteiger partial charge is 0.204 e. The minimum absolute atomic E-state index is 0.192. The molecule has 1 rings (SSSR count). The molecule has 0 aliphatic heterocycles. The lowest BCUT2D eigenvalue weighted by molar-refractivity contribution is 0.507. The SMILES string of the molecule is [B]Cc1cc(F)c(F)cc1Br. The minimum atomic E-state index is -0.867. The number of benzene rings is 1. The molecule has 4 heteroatoms. The van der Waals surface area contributed by atoms with Crippen LogP contribution in [0.25, 0.3) is 0 Å². The van der Waals surface area contributed by atoms with Gasteiger partial charge < -0.3 is 0 Å². The minimum Gasteiger partial charge on any atom is -0.204 e. The Labute approximate surface area is 73.1 Å². The van der Waals surface area contributed by atoms with E-state index in [1.165, 1.54) is 0 Å². The molecule has 0 aliphatic carbocycles. The molecule has 1 aromatic carbocycles. The summed E-state index contributed by atoms with van der Waals surface area (Å²) in [6.07, 6.45) is 0.192. The Morgan fingerprint density at radius 1 is 1.27 bits per heavy atom. The Bertz CT molecular complexity index is 275. The van der Waals surface area contributed by atoms with Gasteiger partial charge in [-0.05, 0) is 17.7 Å². The average Bonchev–Trinajstić information content (AvgIpc) is 1.97. The standard InChI is InChI=1S/C7H4BBrF2/c8-3-4-1-6(10)7(11)2-5(4)9/h1-2H,3H2. The van der Waals surface area contributed by atoms with E-state index < -0.39 is 11.6 Å². The Hall–Kier alpha value is -0.375. The van der Waals surface area contributed by atoms with Crippen molar-refractivity contribution >= 4 is 23.8 Å². The quantitative estimate of drug-likeness (QED) is 0.500. The van der Waals surface area contributed by atoms with Crippen LogP contribution in [0.15, 0.2) is 16.6 Å². The molecule has 0 saturated heterocycles. The lowest BCUT2D eigenvalue weighted by atomic mass is 9.97. The van der Waals surface area contributed by atoms with Gasteiger partial charge in [0.1, 0.15) is 0 Å². The van der Waals surface area contributed by atoms with Crippen LogP contribution in [-0.2, 0) is 6.32 Å². The molecule has 0 amide bonds. The van der Waals surface area contributed by atoms with Crippen LogP contribution >= 0.6 is 15.9 Å². The molecular weight excluding hydrogens is 213 g/mol. The molecule has 0 fully saturated rings. The first-order valence-corrected chi connectivity index (χ1v) is 3.78. The molecule has 0 nitrogen and oxygen atoms in total. The van der Waals surface area contributed by atoms with Gasteiger partial charge in [-0.1, -0.05) is 22.3 Å². The summed E-state index contributed by atoms with van der Waals surface area (Å²) in [6.45, 7) is 0. The van der Waals surface area contributed by atoms with E-state index in [-0.39, 0.29) is 6.32 Å². The van der Waals surface area contributed by atoms with Crippen LogP contribution in [0.1, 0.15) is 5.56 Å². The number of hydrogen-bond acceptors (Lipinski definition) is 0. The highest BCUT2D eigenvalue weighted by Crippen LogP contribution is 2.20. The number of hydrogen-bond donors (Lipinski definition) is 0. The van der Waals surface area contributed by atoms with E-state index in [2.05, 4.69) is 15.9 Å². The zero-order chi connectivity index (χ0) is 8.43. The molecule has 0 N–H and O–H groups in total. The monoisotopic (exact) mass is 216 g/mol. The highest BCUT2D eigenvalue weighted by atomic mass is 79.9. The van der Waals surface area contributed by atoms with Gasteiger partial charge in [-0.3, -0.25) is 0 Å². The first-order chi connectivity index (χ1) is 5.15. The fourth-order valence-corrected chi connectivity index (χ4v) is 1.20. The van der Waals surface area contributed by atoms with Crippen molar-refractivity contribution < 1.29 is 8.78 Å². The summed E-state index contributed by atoms with van der Waals surface area (Å²) in [6, 6.07) is 2.15. The van der Waals surface area contributed by atoms with E-state index in [0.29, 0.717) is 10.0 Å². The van der Waals surface area contributed by atoms with E-state index in [1.54, 1.807) is 0 Å². The average molecular weight is 217 g/mol. The van der Waals surface area contributed by atoms with Gasteiger partial charge in [0.2, 0.25) is 0 Å². The van der Waals surface area contributed by atoms with Crippen molar-refractivity contribution in [2.24, 2.45) is 0 Å². The number of rotatable bonds is 1. The van der Waals surface area contributed by atoms with E-state index in [1.807, 2.05) is 0 Å². The maximum atomic E-state index is 12.5. The van der Waals surface area contributed by atoms with Crippen LogP contribution in [0.4, 0.5) is 8.78 Å². The molecule has 0 bridgehead atoms. The third kappa shape index (κ3) is 1.80. The molecule has 0 saturated carbocycles. The van der Waals surface area contributed by atoms with Gasteiger partial charge in [-0.2, -0.15) is 0 Å². The molecule has 0 atom stereocenters. The van der Waals surface area contributed by atoms with Crippen LogP contribution in [0.5, 0.6) is 0 Å². The molecule has 56 valence electrons. The highest BCUT2D eigenvalue weighted by molar-refractivity contribution is 9.10. The fraction of sp³-hybridized carbons (Fsp3) is 0.143. The Morgan fingerprint density at radius 3 is 2.36 bits per heavy atom. The van der Waals surface area contributed by atoms with E-state index in [9.17, 15) is 8.78 Å². The lowest BCUT2D eigenvalue weighted by Crippen LogP contribution is -1.91. The lowest BCUT2D eigenvalue weighted by Gasteiger charge is -2.01. The second-order valence-corrected chi connectivity index (χ2v) is 2.92. The zero-order valence-electron chi connectivity index (χ0n) is 5.57. The smallest absolute Gasteiger partial charge is 0.159 e. The van der Waals surface area contributed by atoms with E-state index in [0.717, 1.165) is 12.1 Å². The molecule has 0 aromatic heterocycles. The summed E-state index contributed by atoms with van der Waals surface area (Å²) >= 11 is 3.05. The van der Waals surface area contributed by atoms with Crippen molar-refractivity contribution in [3.8, 4) is 0 Å². The van der Waals surface area contributed by atoms with Gasteiger partial charge in [-0.15, -0.1) is 0 Å². The molecule has 0 unspecified atom stereocenters. The van der Waals surface area contributed by atoms with Gasteiger partial charge in [0.05, 0.1) is 7.85 Å². The van der Waals surface area contributed by atoms with Crippen molar-refractivity contribution in [1.29, 1.82) is 0 Å². The second-order valence-electron chi connectivity index (χ2n) is 2.06. The molecule has 11 heavy (non-hydrogen) atoms. The fourth-order valence-electron chi connectivity index (χ4n) is 0.720. The van der Waals surface area contributed by atoms with Crippen LogP contribution < -0.4 is 0 Å². The molecule has 0 spiro atoms. The Balaban J connectivity index is 3.21. The molecule has 1 aromatic rings. The van der Waals surface area contributed by atoms with Crippen LogP contribution in [0.2, 0.25) is 0 Å². The summed E-state index contributed by atoms with van der Waals surface area (Å²) in [5.41, 5.74) is 0.559. The summed E-state index contributed by atoms with van der Waals surface area (Å²) in [5, 5.41) is 0. The first-order valence-electron chi connectivity index (χ1n) is 2.98. The van der Waals surface area contributed by atoms with Crippen molar-refractivity contribution in [3.05, 3.63) is 33.8 Å². The van der Waals surface area contributed by atoms with Gasteiger partial charge >= 0.3 is 0 Å². The van der Waals surface area contributed by atoms with Crippen molar-refractivity contribution in [3.63, 3.8) is 0 Å². The van der Waals surface area contributed by atoms with Gasteiger partial charge in [0.25, 0.3) is 0 Å². The van der Waals surface area contributed by atoms with Crippen molar-refractivity contribution in [2.75, 3.05) is 0 Å². The summed E-state index contributed by atoms with van der Waals surface area (Å²) in [7, 11) is 5.25. The molecule has 0 aliphatic rings. The second kappa shape index (κ2) is 3.35. The Morgan fingerprint density at radius 2 is 1.82 bits per heavy atom.